The fourth-order valence-electron chi connectivity index (χ4n) is 10.3. The molecule has 0 spiro atoms. The summed E-state index contributed by atoms with van der Waals surface area (Å²) < 4.78 is 204. The number of halogens is 9. The lowest BCUT2D eigenvalue weighted by molar-refractivity contribution is -0.0503. The molecule has 0 atom stereocenters. The van der Waals surface area contributed by atoms with Gasteiger partial charge in [-0.1, -0.05) is 36.4 Å². The number of nitriles is 3. The zero-order valence-electron chi connectivity index (χ0n) is 49.9. The minimum atomic E-state index is -6.49. The zero-order chi connectivity index (χ0) is 68.8. The molecular weight excluding hydrogens is 1300 g/mol. The molecule has 29 heteroatoms. The van der Waals surface area contributed by atoms with E-state index in [9.17, 15) is 64.8 Å². The molecule has 0 bridgehead atoms. The standard InChI is InChI=1S/C24H18F3N3O3S.C23H19N3O.C18H10F6N2O5S2/c1-14-10-16(13-28)4-6-19(14)17-5-8-21-18(11-17)12-22(30(21)34(31,32)24(25,26)27)20-7-9-23(33-3)29-15(20)2;1-14-10-16(13-24)4-6-19(14)17-5-8-21-18(11-17)12-22(26-21)20-7-9-23(27-3)25-15(20)2;1-10-6-11(9-25)2-4-14(10)12-3-5-15-13(7-12)8-16(31-33(29,30)18(22,23)24)26(15)32(27,28)17(19,20)21/h4-12H,1-3H3;4-12,26H,1-3H3;2-8H,1H3. The first kappa shape index (κ1) is 67.7. The Morgan fingerprint density at radius 2 is 0.830 bits per heavy atom. The van der Waals surface area contributed by atoms with Crippen LogP contribution >= 0.6 is 0 Å². The highest BCUT2D eigenvalue weighted by molar-refractivity contribution is 7.91. The van der Waals surface area contributed by atoms with Gasteiger partial charge in [0.25, 0.3) is 0 Å². The molecule has 0 amide bonds. The Labute approximate surface area is 530 Å². The Morgan fingerprint density at radius 1 is 0.436 bits per heavy atom. The van der Waals surface area contributed by atoms with Crippen LogP contribution in [0.25, 0.3) is 88.6 Å². The zero-order valence-corrected chi connectivity index (χ0v) is 52.3. The summed E-state index contributed by atoms with van der Waals surface area (Å²) in [5.41, 5.74) is -5.49. The number of benzene rings is 6. The van der Waals surface area contributed by atoms with Crippen molar-refractivity contribution in [1.29, 1.82) is 15.8 Å². The van der Waals surface area contributed by atoms with E-state index in [-0.39, 0.29) is 28.0 Å². The first-order valence-corrected chi connectivity index (χ1v) is 31.5. The van der Waals surface area contributed by atoms with Crippen LogP contribution in [0.4, 0.5) is 39.5 Å². The van der Waals surface area contributed by atoms with Gasteiger partial charge in [0.15, 0.2) is 0 Å². The Balaban J connectivity index is 0.000000167. The number of methoxy groups -OCH3 is 2. The molecule has 0 unspecified atom stereocenters. The van der Waals surface area contributed by atoms with Gasteiger partial charge in [-0.3, -0.25) is 0 Å². The highest BCUT2D eigenvalue weighted by atomic mass is 32.2. The summed E-state index contributed by atoms with van der Waals surface area (Å²) in [4.78, 5) is 12.1. The van der Waals surface area contributed by atoms with Crippen molar-refractivity contribution in [2.75, 3.05) is 14.2 Å². The quantitative estimate of drug-likeness (QED) is 0.0718. The van der Waals surface area contributed by atoms with Crippen LogP contribution in [0.1, 0.15) is 44.8 Å². The number of H-pyrrole nitrogens is 1. The normalized spacial score (nSPS) is 12.1. The maximum Gasteiger partial charge on any atom is 0.534 e. The number of aromatic nitrogens is 5. The van der Waals surface area contributed by atoms with Crippen LogP contribution in [0.5, 0.6) is 17.6 Å². The van der Waals surface area contributed by atoms with Gasteiger partial charge in [-0.15, -0.1) is 0 Å². The molecule has 5 heterocycles. The van der Waals surface area contributed by atoms with E-state index in [1.54, 1.807) is 51.3 Å². The Morgan fingerprint density at radius 3 is 1.23 bits per heavy atom. The fraction of sp³-hybridized carbons (Fsp3) is 0.154. The molecule has 17 nitrogen and oxygen atoms in total. The molecule has 94 heavy (non-hydrogen) atoms. The van der Waals surface area contributed by atoms with E-state index >= 15 is 0 Å². The molecule has 0 aliphatic carbocycles. The highest BCUT2D eigenvalue weighted by Crippen LogP contribution is 2.42. The lowest BCUT2D eigenvalue weighted by atomic mass is 9.98. The van der Waals surface area contributed by atoms with Gasteiger partial charge in [0.1, 0.15) is 0 Å². The van der Waals surface area contributed by atoms with Crippen LogP contribution < -0.4 is 13.7 Å². The molecule has 0 aliphatic heterocycles. The molecule has 0 radical (unpaired) electrons. The number of rotatable bonds is 11. The van der Waals surface area contributed by atoms with E-state index in [0.29, 0.717) is 65.9 Å². The topological polar surface area (TPSA) is 253 Å². The summed E-state index contributed by atoms with van der Waals surface area (Å²) in [5, 5.41) is 28.2. The third kappa shape index (κ3) is 13.2. The third-order valence-electron chi connectivity index (χ3n) is 14.8. The van der Waals surface area contributed by atoms with Gasteiger partial charge in [0.05, 0.1) is 77.2 Å². The Hall–Kier alpha value is -10.7. The number of hydrogen-bond acceptors (Lipinski definition) is 14. The van der Waals surface area contributed by atoms with Crippen LogP contribution in [0.3, 0.4) is 0 Å². The summed E-state index contributed by atoms with van der Waals surface area (Å²) in [6.07, 6.45) is 0. The lowest BCUT2D eigenvalue weighted by Gasteiger charge is -2.15. The maximum absolute atomic E-state index is 13.6. The third-order valence-corrected chi connectivity index (χ3v) is 18.6. The smallest absolute Gasteiger partial charge is 0.481 e. The predicted octanol–water partition coefficient (Wildman–Crippen LogP) is 15.4. The van der Waals surface area contributed by atoms with E-state index < -0.39 is 62.1 Å². The maximum atomic E-state index is 13.6. The van der Waals surface area contributed by atoms with E-state index in [0.717, 1.165) is 67.8 Å². The number of hydrogen-bond donors (Lipinski definition) is 1. The molecule has 11 rings (SSSR count). The van der Waals surface area contributed by atoms with Crippen molar-refractivity contribution in [2.45, 2.75) is 51.1 Å². The fourth-order valence-corrected chi connectivity index (χ4v) is 12.8. The van der Waals surface area contributed by atoms with Gasteiger partial charge in [-0.25, -0.2) is 13.9 Å². The monoisotopic (exact) mass is 1350 g/mol. The summed E-state index contributed by atoms with van der Waals surface area (Å²) in [7, 11) is -15.6. The van der Waals surface area contributed by atoms with Gasteiger partial charge in [0.2, 0.25) is 17.6 Å². The van der Waals surface area contributed by atoms with Crippen molar-refractivity contribution < 1.29 is 78.4 Å². The van der Waals surface area contributed by atoms with E-state index in [4.69, 9.17) is 25.3 Å². The number of ether oxygens (including phenoxy) is 2. The molecular formula is C65H47F9N8O9S3. The van der Waals surface area contributed by atoms with Crippen molar-refractivity contribution in [2.24, 2.45) is 0 Å². The Kier molecular flexibility index (Phi) is 18.3. The van der Waals surface area contributed by atoms with Crippen molar-refractivity contribution in [3.05, 3.63) is 196 Å². The summed E-state index contributed by atoms with van der Waals surface area (Å²) in [5.74, 6) is -0.847. The minimum Gasteiger partial charge on any atom is -0.481 e. The van der Waals surface area contributed by atoms with E-state index in [1.165, 1.54) is 55.6 Å². The lowest BCUT2D eigenvalue weighted by Crippen LogP contribution is -2.33. The molecule has 482 valence electrons. The van der Waals surface area contributed by atoms with Crippen molar-refractivity contribution in [1.82, 2.24) is 22.9 Å². The first-order valence-electron chi connectivity index (χ1n) is 27.2. The van der Waals surface area contributed by atoms with Crippen molar-refractivity contribution in [3.63, 3.8) is 0 Å². The molecule has 6 aromatic carbocycles. The van der Waals surface area contributed by atoms with Crippen LogP contribution in [-0.2, 0) is 30.2 Å². The van der Waals surface area contributed by atoms with Gasteiger partial charge in [0, 0.05) is 56.7 Å². The molecule has 0 saturated heterocycles. The number of nitrogens with one attached hydrogen (secondary N) is 1. The molecule has 0 saturated carbocycles. The molecule has 0 fully saturated rings. The minimum absolute atomic E-state index is 0.113. The largest absolute Gasteiger partial charge is 0.534 e. The number of nitrogens with zero attached hydrogens (tertiary/aromatic N) is 7. The summed E-state index contributed by atoms with van der Waals surface area (Å²) >= 11 is 0. The van der Waals surface area contributed by atoms with Gasteiger partial charge >= 0.3 is 46.7 Å². The van der Waals surface area contributed by atoms with Crippen molar-refractivity contribution in [3.8, 4) is 91.7 Å². The number of fused-ring (bicyclic) bond motifs is 3. The Bertz CT molecular complexity index is 5350. The molecule has 1 N–H and O–H groups in total. The average Bonchev–Trinajstić information content (AvgIpc) is 1.60. The summed E-state index contributed by atoms with van der Waals surface area (Å²) in [6.45, 7) is 9.01. The summed E-state index contributed by atoms with van der Waals surface area (Å²) in [6, 6.07) is 46.4. The number of pyridine rings is 2. The number of aryl methyl sites for hydroxylation is 5. The first-order chi connectivity index (χ1) is 44.0. The van der Waals surface area contributed by atoms with Gasteiger partial charge in [-0.2, -0.15) is 84.5 Å². The molecule has 5 aromatic heterocycles. The van der Waals surface area contributed by atoms with Crippen LogP contribution in [-0.4, -0.2) is 78.9 Å². The predicted molar refractivity (Wildman–Crippen MR) is 332 cm³/mol. The molecule has 11 aromatic rings. The number of alkyl halides is 9. The second-order valence-corrected chi connectivity index (χ2v) is 25.9. The highest BCUT2D eigenvalue weighted by Gasteiger charge is 2.53. The van der Waals surface area contributed by atoms with E-state index in [1.807, 2.05) is 57.2 Å². The average molecular weight is 1350 g/mol. The van der Waals surface area contributed by atoms with Crippen molar-refractivity contribution >= 4 is 62.9 Å². The second kappa shape index (κ2) is 25.4. The second-order valence-electron chi connectivity index (χ2n) is 20.9. The van der Waals surface area contributed by atoms with Gasteiger partial charge < -0.3 is 18.6 Å². The van der Waals surface area contributed by atoms with Crippen LogP contribution in [0.15, 0.2) is 152 Å². The van der Waals surface area contributed by atoms with Crippen LogP contribution in [0, 0.1) is 68.6 Å². The van der Waals surface area contributed by atoms with Crippen LogP contribution in [0.2, 0.25) is 0 Å². The van der Waals surface area contributed by atoms with Gasteiger partial charge in [-0.05, 0) is 182 Å². The van der Waals surface area contributed by atoms with E-state index in [2.05, 4.69) is 55.5 Å². The number of aromatic amines is 1. The molecule has 0 aliphatic rings. The SMILES string of the molecule is COc1ccc(-c2cc3cc(-c4ccc(C#N)cc4C)ccc3[nH]2)c(C)n1.COc1ccc(-c2cc3cc(-c4ccc(C#N)cc4C)ccc3n2S(=O)(=O)C(F)(F)F)c(C)n1.Cc1cc(C#N)ccc1-c1ccc2c(c1)cc(OS(=O)(=O)C(F)(F)F)n2S(=O)(=O)C(F)(F)F.